The topological polar surface area (TPSA) is 24.9 Å². The first kappa shape index (κ1) is 12.9. The van der Waals surface area contributed by atoms with E-state index in [1.165, 1.54) is 17.8 Å². The number of halogens is 1. The Morgan fingerprint density at radius 1 is 1.17 bits per heavy atom. The lowest BCUT2D eigenvalue weighted by molar-refractivity contribution is 0.602. The molecular formula is C14H15FN2S. The zero-order valence-electron chi connectivity index (χ0n) is 10.2. The second-order valence-electron chi connectivity index (χ2n) is 3.82. The van der Waals surface area contributed by atoms with Crippen molar-refractivity contribution in [2.45, 2.75) is 23.3 Å². The number of nitrogens with one attached hydrogen (secondary N) is 1. The molecule has 1 aromatic heterocycles. The van der Waals surface area contributed by atoms with Gasteiger partial charge in [-0.15, -0.1) is 0 Å². The van der Waals surface area contributed by atoms with E-state index in [2.05, 4.69) is 17.2 Å². The molecule has 0 radical (unpaired) electrons. The fraction of sp³-hybridized carbons (Fsp3) is 0.214. The van der Waals surface area contributed by atoms with Crippen molar-refractivity contribution in [3.8, 4) is 0 Å². The van der Waals surface area contributed by atoms with E-state index < -0.39 is 0 Å². The number of rotatable bonds is 5. The van der Waals surface area contributed by atoms with E-state index in [1.54, 1.807) is 12.1 Å². The molecule has 0 saturated carbocycles. The fourth-order valence-electron chi connectivity index (χ4n) is 1.46. The predicted octanol–water partition coefficient (Wildman–Crippen LogP) is 4.19. The van der Waals surface area contributed by atoms with Crippen LogP contribution in [0, 0.1) is 5.82 Å². The molecule has 0 atom stereocenters. The largest absolute Gasteiger partial charge is 0.370 e. The van der Waals surface area contributed by atoms with E-state index in [9.17, 15) is 4.39 Å². The number of benzene rings is 1. The summed E-state index contributed by atoms with van der Waals surface area (Å²) in [6.45, 7) is 2.99. The Hall–Kier alpha value is -1.55. The average Bonchev–Trinajstić information content (AvgIpc) is 2.40. The van der Waals surface area contributed by atoms with Crippen LogP contribution in [0.5, 0.6) is 0 Å². The Labute approximate surface area is 111 Å². The minimum atomic E-state index is -0.212. The van der Waals surface area contributed by atoms with Gasteiger partial charge in [0.15, 0.2) is 0 Å². The molecule has 18 heavy (non-hydrogen) atoms. The van der Waals surface area contributed by atoms with Gasteiger partial charge in [0.05, 0.1) is 0 Å². The van der Waals surface area contributed by atoms with Gasteiger partial charge in [0, 0.05) is 11.4 Å². The van der Waals surface area contributed by atoms with Crippen LogP contribution < -0.4 is 5.32 Å². The zero-order chi connectivity index (χ0) is 12.8. The molecule has 1 aromatic carbocycles. The minimum absolute atomic E-state index is 0.212. The molecule has 0 aliphatic carbocycles. The Bertz CT molecular complexity index is 517. The quantitative estimate of drug-likeness (QED) is 0.874. The van der Waals surface area contributed by atoms with Gasteiger partial charge in [-0.05, 0) is 30.7 Å². The molecule has 2 rings (SSSR count). The van der Waals surface area contributed by atoms with Gasteiger partial charge in [-0.3, -0.25) is 0 Å². The van der Waals surface area contributed by atoms with Crippen LogP contribution in [0.15, 0.2) is 52.4 Å². The standard InChI is InChI=1S/C14H15FN2S/c1-2-10-16-13-8-5-9-14(17-13)18-12-7-4-3-6-11(12)15/h3-9H,2,10H2,1H3,(H,16,17). The molecule has 0 aliphatic heterocycles. The van der Waals surface area contributed by atoms with Crippen LogP contribution in [-0.2, 0) is 0 Å². The third-order valence-electron chi connectivity index (χ3n) is 2.33. The molecule has 0 amide bonds. The van der Waals surface area contributed by atoms with Crippen molar-refractivity contribution < 1.29 is 4.39 Å². The van der Waals surface area contributed by atoms with Crippen LogP contribution in [0.4, 0.5) is 10.2 Å². The lowest BCUT2D eigenvalue weighted by atomic mass is 10.3. The van der Waals surface area contributed by atoms with Crippen LogP contribution in [0.1, 0.15) is 13.3 Å². The van der Waals surface area contributed by atoms with Crippen molar-refractivity contribution in [1.29, 1.82) is 0 Å². The summed E-state index contributed by atoms with van der Waals surface area (Å²) in [4.78, 5) is 5.03. The molecule has 4 heteroatoms. The third-order valence-corrected chi connectivity index (χ3v) is 3.32. The van der Waals surface area contributed by atoms with Gasteiger partial charge >= 0.3 is 0 Å². The Kier molecular flexibility index (Phi) is 4.59. The number of hydrogen-bond donors (Lipinski definition) is 1. The first-order valence-corrected chi connectivity index (χ1v) is 6.74. The van der Waals surface area contributed by atoms with E-state index in [0.29, 0.717) is 4.90 Å². The predicted molar refractivity (Wildman–Crippen MR) is 73.5 cm³/mol. The van der Waals surface area contributed by atoms with Gasteiger partial charge < -0.3 is 5.32 Å². The van der Waals surface area contributed by atoms with Gasteiger partial charge in [-0.2, -0.15) is 0 Å². The maximum absolute atomic E-state index is 13.5. The SMILES string of the molecule is CCCNc1cccc(Sc2ccccc2F)n1. The normalized spacial score (nSPS) is 10.3. The molecule has 0 saturated heterocycles. The number of aromatic nitrogens is 1. The average molecular weight is 262 g/mol. The zero-order valence-corrected chi connectivity index (χ0v) is 11.0. The van der Waals surface area contributed by atoms with Gasteiger partial charge in [-0.25, -0.2) is 9.37 Å². The van der Waals surface area contributed by atoms with Crippen LogP contribution in [0.2, 0.25) is 0 Å². The number of hydrogen-bond acceptors (Lipinski definition) is 3. The molecule has 2 aromatic rings. The van der Waals surface area contributed by atoms with Gasteiger partial charge in [0.2, 0.25) is 0 Å². The highest BCUT2D eigenvalue weighted by Crippen LogP contribution is 2.28. The van der Waals surface area contributed by atoms with Crippen molar-refractivity contribution in [2.24, 2.45) is 0 Å². The fourth-order valence-corrected chi connectivity index (χ4v) is 2.29. The third kappa shape index (κ3) is 3.47. The lowest BCUT2D eigenvalue weighted by Gasteiger charge is -2.06. The van der Waals surface area contributed by atoms with Crippen LogP contribution in [-0.4, -0.2) is 11.5 Å². The van der Waals surface area contributed by atoms with E-state index >= 15 is 0 Å². The van der Waals surface area contributed by atoms with E-state index in [1.807, 2.05) is 24.3 Å². The number of nitrogens with zero attached hydrogens (tertiary/aromatic N) is 1. The monoisotopic (exact) mass is 262 g/mol. The van der Waals surface area contributed by atoms with Crippen molar-refractivity contribution in [3.63, 3.8) is 0 Å². The summed E-state index contributed by atoms with van der Waals surface area (Å²) in [5, 5.41) is 4.01. The summed E-state index contributed by atoms with van der Waals surface area (Å²) in [7, 11) is 0. The molecule has 2 nitrogen and oxygen atoms in total. The second-order valence-corrected chi connectivity index (χ2v) is 4.88. The minimum Gasteiger partial charge on any atom is -0.370 e. The van der Waals surface area contributed by atoms with Gasteiger partial charge in [-0.1, -0.05) is 36.9 Å². The molecule has 0 unspecified atom stereocenters. The van der Waals surface area contributed by atoms with Crippen LogP contribution >= 0.6 is 11.8 Å². The van der Waals surface area contributed by atoms with Crippen LogP contribution in [0.25, 0.3) is 0 Å². The van der Waals surface area contributed by atoms with Crippen molar-refractivity contribution in [3.05, 3.63) is 48.3 Å². The van der Waals surface area contributed by atoms with Gasteiger partial charge in [0.1, 0.15) is 16.7 Å². The second kappa shape index (κ2) is 6.40. The van der Waals surface area contributed by atoms with E-state index in [-0.39, 0.29) is 5.82 Å². The lowest BCUT2D eigenvalue weighted by Crippen LogP contribution is -2.01. The summed E-state index contributed by atoms with van der Waals surface area (Å²) < 4.78 is 13.5. The number of anilines is 1. The van der Waals surface area contributed by atoms with Gasteiger partial charge in [0.25, 0.3) is 0 Å². The van der Waals surface area contributed by atoms with Crippen LogP contribution in [0.3, 0.4) is 0 Å². The Morgan fingerprint density at radius 3 is 2.78 bits per heavy atom. The molecule has 0 fully saturated rings. The van der Waals surface area contributed by atoms with E-state index in [4.69, 9.17) is 0 Å². The Morgan fingerprint density at radius 2 is 2.00 bits per heavy atom. The maximum Gasteiger partial charge on any atom is 0.137 e. The summed E-state index contributed by atoms with van der Waals surface area (Å²) >= 11 is 1.34. The highest BCUT2D eigenvalue weighted by atomic mass is 32.2. The smallest absolute Gasteiger partial charge is 0.137 e. The molecule has 0 aliphatic rings. The number of pyridine rings is 1. The van der Waals surface area contributed by atoms with Crippen molar-refractivity contribution >= 4 is 17.6 Å². The molecule has 0 spiro atoms. The summed E-state index contributed by atoms with van der Waals surface area (Å²) in [6, 6.07) is 12.5. The molecular weight excluding hydrogens is 247 g/mol. The Balaban J connectivity index is 2.12. The molecule has 1 N–H and O–H groups in total. The molecule has 94 valence electrons. The summed E-state index contributed by atoms with van der Waals surface area (Å²) in [6.07, 6.45) is 1.05. The first-order chi connectivity index (χ1) is 8.79. The summed E-state index contributed by atoms with van der Waals surface area (Å²) in [5.41, 5.74) is 0. The van der Waals surface area contributed by atoms with E-state index in [0.717, 1.165) is 23.8 Å². The maximum atomic E-state index is 13.5. The van der Waals surface area contributed by atoms with Crippen molar-refractivity contribution in [2.75, 3.05) is 11.9 Å². The highest BCUT2D eigenvalue weighted by Gasteiger charge is 2.04. The first-order valence-electron chi connectivity index (χ1n) is 5.93. The van der Waals surface area contributed by atoms with Crippen molar-refractivity contribution in [1.82, 2.24) is 4.98 Å². The summed E-state index contributed by atoms with van der Waals surface area (Å²) in [5.74, 6) is 0.620. The highest BCUT2D eigenvalue weighted by molar-refractivity contribution is 7.99. The molecule has 0 bridgehead atoms. The molecule has 1 heterocycles.